The summed E-state index contributed by atoms with van der Waals surface area (Å²) in [6.45, 7) is 5.22. The Morgan fingerprint density at radius 1 is 1.41 bits per heavy atom. The summed E-state index contributed by atoms with van der Waals surface area (Å²) < 4.78 is 13.1. The van der Waals surface area contributed by atoms with Gasteiger partial charge in [0.05, 0.1) is 25.3 Å². The molecule has 0 aromatic carbocycles. The van der Waals surface area contributed by atoms with Crippen LogP contribution < -0.4 is 0 Å². The van der Waals surface area contributed by atoms with E-state index in [1.807, 2.05) is 0 Å². The highest BCUT2D eigenvalue weighted by Crippen LogP contribution is 2.38. The molecule has 0 amide bonds. The van der Waals surface area contributed by atoms with Crippen LogP contribution in [0.2, 0.25) is 0 Å². The Balaban J connectivity index is 1.39. The number of hydrogen-bond donors (Lipinski definition) is 0. The Bertz CT molecular complexity index is 609. The van der Waals surface area contributed by atoms with Crippen molar-refractivity contribution in [2.75, 3.05) is 19.7 Å². The monoisotopic (exact) mass is 304 g/mol. The van der Waals surface area contributed by atoms with Gasteiger partial charge in [-0.05, 0) is 19.8 Å². The van der Waals surface area contributed by atoms with Gasteiger partial charge in [0.15, 0.2) is 5.82 Å². The average molecular weight is 304 g/mol. The van der Waals surface area contributed by atoms with Gasteiger partial charge in [0.1, 0.15) is 12.7 Å². The maximum absolute atomic E-state index is 5.82. The first-order chi connectivity index (χ1) is 10.8. The van der Waals surface area contributed by atoms with Crippen molar-refractivity contribution in [2.24, 2.45) is 0 Å². The molecule has 1 aliphatic heterocycles. The van der Waals surface area contributed by atoms with Crippen LogP contribution in [0.1, 0.15) is 43.4 Å². The van der Waals surface area contributed by atoms with Gasteiger partial charge in [0.25, 0.3) is 0 Å². The molecule has 4 rings (SSSR count). The Hall–Kier alpha value is -1.80. The lowest BCUT2D eigenvalue weighted by atomic mass is 10.2. The summed E-state index contributed by atoms with van der Waals surface area (Å²) in [5.74, 6) is 2.10. The number of rotatable bonds is 5. The molecule has 3 heterocycles. The minimum atomic E-state index is 0.101. The third-order valence-corrected chi connectivity index (χ3v) is 4.33. The maximum Gasteiger partial charge on any atom is 0.243 e. The highest BCUT2D eigenvalue weighted by molar-refractivity contribution is 5.04. The van der Waals surface area contributed by atoms with Crippen molar-refractivity contribution in [1.82, 2.24) is 29.8 Å². The number of nitrogens with zero attached hydrogens (tertiary/aromatic N) is 6. The van der Waals surface area contributed by atoms with E-state index in [-0.39, 0.29) is 12.1 Å². The summed E-state index contributed by atoms with van der Waals surface area (Å²) in [5, 5.41) is 8.24. The van der Waals surface area contributed by atoms with E-state index in [9.17, 15) is 0 Å². The zero-order chi connectivity index (χ0) is 14.9. The first-order valence-corrected chi connectivity index (χ1v) is 7.81. The van der Waals surface area contributed by atoms with Crippen molar-refractivity contribution in [2.45, 2.75) is 44.4 Å². The Morgan fingerprint density at radius 3 is 3.09 bits per heavy atom. The zero-order valence-corrected chi connectivity index (χ0v) is 12.6. The van der Waals surface area contributed by atoms with E-state index in [0.29, 0.717) is 25.0 Å². The van der Waals surface area contributed by atoms with E-state index in [1.54, 1.807) is 17.3 Å². The fourth-order valence-corrected chi connectivity index (χ4v) is 2.82. The molecular formula is C14H20N6O2. The fraction of sp³-hybridized carbons (Fsp3) is 0.714. The summed E-state index contributed by atoms with van der Waals surface area (Å²) in [6.07, 6.45) is 5.73. The minimum Gasteiger partial charge on any atom is -0.374 e. The van der Waals surface area contributed by atoms with Crippen molar-refractivity contribution in [3.8, 4) is 0 Å². The lowest BCUT2D eigenvalue weighted by Gasteiger charge is -2.35. The minimum absolute atomic E-state index is 0.101. The molecule has 2 aliphatic rings. The second-order valence-electron chi connectivity index (χ2n) is 6.05. The summed E-state index contributed by atoms with van der Waals surface area (Å²) in [5.41, 5.74) is 0. The van der Waals surface area contributed by atoms with E-state index in [4.69, 9.17) is 9.26 Å². The molecule has 0 radical (unpaired) electrons. The number of hydrogen-bond acceptors (Lipinski definition) is 7. The van der Waals surface area contributed by atoms with Gasteiger partial charge in [0.2, 0.25) is 5.89 Å². The molecule has 0 spiro atoms. The van der Waals surface area contributed by atoms with Crippen LogP contribution in [0.4, 0.5) is 0 Å². The van der Waals surface area contributed by atoms with E-state index >= 15 is 0 Å². The average Bonchev–Trinajstić information content (AvgIpc) is 3.06. The SMILES string of the molecule is C[C@@H](c1nc(C2CC2)no1)N1CCO[C@@H](Cn2cncn2)C1. The molecule has 8 heteroatoms. The highest BCUT2D eigenvalue weighted by atomic mass is 16.5. The quantitative estimate of drug-likeness (QED) is 0.815. The lowest BCUT2D eigenvalue weighted by Crippen LogP contribution is -2.45. The van der Waals surface area contributed by atoms with Crippen LogP contribution in [0.15, 0.2) is 17.2 Å². The van der Waals surface area contributed by atoms with Crippen LogP contribution in [0.3, 0.4) is 0 Å². The van der Waals surface area contributed by atoms with Crippen LogP contribution in [-0.2, 0) is 11.3 Å². The van der Waals surface area contributed by atoms with Gasteiger partial charge in [-0.15, -0.1) is 0 Å². The summed E-state index contributed by atoms with van der Waals surface area (Å²) in [7, 11) is 0. The van der Waals surface area contributed by atoms with Gasteiger partial charge in [-0.3, -0.25) is 9.58 Å². The third-order valence-electron chi connectivity index (χ3n) is 4.33. The molecule has 1 saturated heterocycles. The van der Waals surface area contributed by atoms with Crippen LogP contribution in [-0.4, -0.2) is 55.6 Å². The maximum atomic E-state index is 5.82. The molecule has 1 aliphatic carbocycles. The predicted molar refractivity (Wildman–Crippen MR) is 76.0 cm³/mol. The smallest absolute Gasteiger partial charge is 0.243 e. The molecule has 2 aromatic heterocycles. The van der Waals surface area contributed by atoms with Crippen molar-refractivity contribution in [3.63, 3.8) is 0 Å². The Labute approximate surface area is 128 Å². The molecular weight excluding hydrogens is 284 g/mol. The first-order valence-electron chi connectivity index (χ1n) is 7.81. The van der Waals surface area contributed by atoms with Gasteiger partial charge in [0, 0.05) is 19.0 Å². The number of aromatic nitrogens is 5. The van der Waals surface area contributed by atoms with Gasteiger partial charge in [-0.25, -0.2) is 4.98 Å². The second kappa shape index (κ2) is 5.77. The molecule has 2 fully saturated rings. The van der Waals surface area contributed by atoms with Crippen LogP contribution in [0.5, 0.6) is 0 Å². The highest BCUT2D eigenvalue weighted by Gasteiger charge is 2.32. The second-order valence-corrected chi connectivity index (χ2v) is 6.05. The topological polar surface area (TPSA) is 82.1 Å². The summed E-state index contributed by atoms with van der Waals surface area (Å²) in [6, 6.07) is 0.113. The largest absolute Gasteiger partial charge is 0.374 e. The number of morpholine rings is 1. The molecule has 2 atom stereocenters. The molecule has 0 N–H and O–H groups in total. The van der Waals surface area contributed by atoms with Crippen LogP contribution in [0.25, 0.3) is 0 Å². The summed E-state index contributed by atoms with van der Waals surface area (Å²) in [4.78, 5) is 10.9. The van der Waals surface area contributed by atoms with E-state index < -0.39 is 0 Å². The van der Waals surface area contributed by atoms with Crippen molar-refractivity contribution in [1.29, 1.82) is 0 Å². The van der Waals surface area contributed by atoms with E-state index in [0.717, 1.165) is 18.9 Å². The van der Waals surface area contributed by atoms with Gasteiger partial charge < -0.3 is 9.26 Å². The summed E-state index contributed by atoms with van der Waals surface area (Å²) >= 11 is 0. The first kappa shape index (κ1) is 13.8. The van der Waals surface area contributed by atoms with E-state index in [2.05, 4.69) is 32.0 Å². The molecule has 118 valence electrons. The third kappa shape index (κ3) is 2.89. The zero-order valence-electron chi connectivity index (χ0n) is 12.6. The standard InChI is InChI=1S/C14H20N6O2/c1-10(14-17-13(18-22-14)11-2-3-11)19-4-5-21-12(6-19)7-20-9-15-8-16-20/h8-12H,2-7H2,1H3/t10-,12+/m0/s1. The van der Waals surface area contributed by atoms with Crippen LogP contribution in [0, 0.1) is 0 Å². The normalized spacial score (nSPS) is 24.5. The molecule has 0 unspecified atom stereocenters. The predicted octanol–water partition coefficient (Wildman–Crippen LogP) is 1.00. The van der Waals surface area contributed by atoms with Gasteiger partial charge >= 0.3 is 0 Å². The van der Waals surface area contributed by atoms with Crippen molar-refractivity contribution in [3.05, 3.63) is 24.4 Å². The number of ether oxygens (including phenoxy) is 1. The molecule has 8 nitrogen and oxygen atoms in total. The molecule has 0 bridgehead atoms. The molecule has 22 heavy (non-hydrogen) atoms. The van der Waals surface area contributed by atoms with Gasteiger partial charge in [-0.1, -0.05) is 5.16 Å². The van der Waals surface area contributed by atoms with E-state index in [1.165, 1.54) is 12.8 Å². The van der Waals surface area contributed by atoms with Crippen molar-refractivity contribution < 1.29 is 9.26 Å². The fourth-order valence-electron chi connectivity index (χ4n) is 2.82. The lowest BCUT2D eigenvalue weighted by molar-refractivity contribution is -0.0532. The van der Waals surface area contributed by atoms with Gasteiger partial charge in [-0.2, -0.15) is 10.1 Å². The Kier molecular flexibility index (Phi) is 3.63. The Morgan fingerprint density at radius 2 is 2.32 bits per heavy atom. The van der Waals surface area contributed by atoms with Crippen LogP contribution >= 0.6 is 0 Å². The van der Waals surface area contributed by atoms with Crippen molar-refractivity contribution >= 4 is 0 Å². The molecule has 1 saturated carbocycles. The molecule has 2 aromatic rings.